The first-order valence-corrected chi connectivity index (χ1v) is 7.47. The van der Waals surface area contributed by atoms with Crippen LogP contribution in [-0.2, 0) is 0 Å². The number of anilines is 3. The summed E-state index contributed by atoms with van der Waals surface area (Å²) in [4.78, 5) is 8.49. The number of rotatable bonds is 6. The minimum absolute atomic E-state index is 0.546. The number of benzene rings is 1. The second kappa shape index (κ2) is 7.07. The highest BCUT2D eigenvalue weighted by atomic mass is 15.1. The first-order chi connectivity index (χ1) is 10.0. The second-order valence-electron chi connectivity index (χ2n) is 5.96. The Bertz CT molecular complexity index is 561. The molecule has 2 rings (SSSR count). The van der Waals surface area contributed by atoms with E-state index in [1.165, 1.54) is 5.56 Å². The number of hydrogen-bond donors (Lipinski definition) is 2. The molecule has 112 valence electrons. The minimum atomic E-state index is 0.546. The molecule has 0 bridgehead atoms. The lowest BCUT2D eigenvalue weighted by Gasteiger charge is -2.11. The van der Waals surface area contributed by atoms with Crippen molar-refractivity contribution < 1.29 is 0 Å². The SMILES string of the molecule is CC(C)CNc1cc(Nc2ccc(C(C)C)cc2)ncn1. The van der Waals surface area contributed by atoms with Gasteiger partial charge in [0.1, 0.15) is 18.0 Å². The maximum Gasteiger partial charge on any atom is 0.135 e. The Morgan fingerprint density at radius 2 is 1.62 bits per heavy atom. The molecule has 1 aromatic carbocycles. The van der Waals surface area contributed by atoms with Gasteiger partial charge in [-0.1, -0.05) is 39.8 Å². The van der Waals surface area contributed by atoms with Gasteiger partial charge in [-0.05, 0) is 29.5 Å². The molecule has 0 unspecified atom stereocenters. The molecule has 1 heterocycles. The summed E-state index contributed by atoms with van der Waals surface area (Å²) in [6, 6.07) is 10.4. The molecule has 0 radical (unpaired) electrons. The van der Waals surface area contributed by atoms with E-state index in [4.69, 9.17) is 0 Å². The summed E-state index contributed by atoms with van der Waals surface area (Å²) in [6.07, 6.45) is 1.58. The van der Waals surface area contributed by atoms with Crippen molar-refractivity contribution in [1.29, 1.82) is 0 Å². The molecule has 1 aromatic heterocycles. The zero-order valence-corrected chi connectivity index (χ0v) is 13.2. The first kappa shape index (κ1) is 15.3. The van der Waals surface area contributed by atoms with Gasteiger partial charge in [0.15, 0.2) is 0 Å². The quantitative estimate of drug-likeness (QED) is 0.825. The molecular formula is C17H24N4. The van der Waals surface area contributed by atoms with Crippen molar-refractivity contribution in [3.8, 4) is 0 Å². The summed E-state index contributed by atoms with van der Waals surface area (Å²) in [5.74, 6) is 2.78. The topological polar surface area (TPSA) is 49.8 Å². The molecule has 4 nitrogen and oxygen atoms in total. The third-order valence-corrected chi connectivity index (χ3v) is 3.21. The van der Waals surface area contributed by atoms with Gasteiger partial charge in [0, 0.05) is 18.3 Å². The lowest BCUT2D eigenvalue weighted by atomic mass is 10.0. The van der Waals surface area contributed by atoms with Crippen LogP contribution in [-0.4, -0.2) is 16.5 Å². The lowest BCUT2D eigenvalue weighted by Crippen LogP contribution is -2.09. The van der Waals surface area contributed by atoms with Gasteiger partial charge in [-0.25, -0.2) is 9.97 Å². The fraction of sp³-hybridized carbons (Fsp3) is 0.412. The molecule has 0 saturated heterocycles. The zero-order valence-electron chi connectivity index (χ0n) is 13.2. The van der Waals surface area contributed by atoms with Gasteiger partial charge in [0.05, 0.1) is 0 Å². The molecule has 21 heavy (non-hydrogen) atoms. The highest BCUT2D eigenvalue weighted by molar-refractivity contribution is 5.59. The molecular weight excluding hydrogens is 260 g/mol. The van der Waals surface area contributed by atoms with Crippen molar-refractivity contribution in [3.05, 3.63) is 42.2 Å². The Morgan fingerprint density at radius 1 is 0.952 bits per heavy atom. The van der Waals surface area contributed by atoms with Crippen molar-refractivity contribution >= 4 is 17.3 Å². The maximum atomic E-state index is 4.26. The van der Waals surface area contributed by atoms with E-state index in [1.54, 1.807) is 6.33 Å². The number of aromatic nitrogens is 2. The first-order valence-electron chi connectivity index (χ1n) is 7.47. The third-order valence-electron chi connectivity index (χ3n) is 3.21. The van der Waals surface area contributed by atoms with E-state index in [-0.39, 0.29) is 0 Å². The summed E-state index contributed by atoms with van der Waals surface area (Å²) in [6.45, 7) is 9.63. The molecule has 0 amide bonds. The maximum absolute atomic E-state index is 4.26. The minimum Gasteiger partial charge on any atom is -0.370 e. The van der Waals surface area contributed by atoms with E-state index in [2.05, 4.69) is 72.6 Å². The van der Waals surface area contributed by atoms with Gasteiger partial charge in [-0.2, -0.15) is 0 Å². The largest absolute Gasteiger partial charge is 0.370 e. The molecule has 2 aromatic rings. The van der Waals surface area contributed by atoms with Crippen LogP contribution in [0.2, 0.25) is 0 Å². The van der Waals surface area contributed by atoms with Crippen molar-refractivity contribution in [3.63, 3.8) is 0 Å². The van der Waals surface area contributed by atoms with Crippen LogP contribution >= 0.6 is 0 Å². The Hall–Kier alpha value is -2.10. The van der Waals surface area contributed by atoms with E-state index in [9.17, 15) is 0 Å². The fourth-order valence-electron chi connectivity index (χ4n) is 1.93. The molecule has 0 fully saturated rings. The molecule has 2 N–H and O–H groups in total. The molecule has 4 heteroatoms. The predicted molar refractivity (Wildman–Crippen MR) is 89.2 cm³/mol. The monoisotopic (exact) mass is 284 g/mol. The Labute approximate surface area is 127 Å². The van der Waals surface area contributed by atoms with Gasteiger partial charge in [-0.15, -0.1) is 0 Å². The van der Waals surface area contributed by atoms with Crippen LogP contribution < -0.4 is 10.6 Å². The average Bonchev–Trinajstić information content (AvgIpc) is 2.46. The molecule has 0 atom stereocenters. The van der Waals surface area contributed by atoms with E-state index >= 15 is 0 Å². The van der Waals surface area contributed by atoms with Crippen LogP contribution in [0.3, 0.4) is 0 Å². The zero-order chi connectivity index (χ0) is 15.2. The number of hydrogen-bond acceptors (Lipinski definition) is 4. The van der Waals surface area contributed by atoms with Crippen LogP contribution in [0.4, 0.5) is 17.3 Å². The summed E-state index contributed by atoms with van der Waals surface area (Å²) < 4.78 is 0. The van der Waals surface area contributed by atoms with Gasteiger partial charge < -0.3 is 10.6 Å². The van der Waals surface area contributed by atoms with Gasteiger partial charge >= 0.3 is 0 Å². The molecule has 0 aliphatic heterocycles. The summed E-state index contributed by atoms with van der Waals surface area (Å²) in [5.41, 5.74) is 2.37. The Balaban J connectivity index is 2.03. The van der Waals surface area contributed by atoms with Crippen LogP contribution in [0.1, 0.15) is 39.2 Å². The third kappa shape index (κ3) is 4.74. The van der Waals surface area contributed by atoms with Gasteiger partial charge in [-0.3, -0.25) is 0 Å². The van der Waals surface area contributed by atoms with E-state index < -0.39 is 0 Å². The van der Waals surface area contributed by atoms with E-state index in [0.717, 1.165) is 23.9 Å². The molecule has 0 saturated carbocycles. The van der Waals surface area contributed by atoms with Crippen molar-refractivity contribution in [2.24, 2.45) is 5.92 Å². The van der Waals surface area contributed by atoms with Gasteiger partial charge in [0.2, 0.25) is 0 Å². The van der Waals surface area contributed by atoms with Crippen molar-refractivity contribution in [2.75, 3.05) is 17.2 Å². The van der Waals surface area contributed by atoms with E-state index in [1.807, 2.05) is 6.07 Å². The predicted octanol–water partition coefficient (Wildman–Crippen LogP) is 4.41. The van der Waals surface area contributed by atoms with Crippen LogP contribution in [0.25, 0.3) is 0 Å². The Kier molecular flexibility index (Phi) is 5.14. The summed E-state index contributed by atoms with van der Waals surface area (Å²) >= 11 is 0. The summed E-state index contributed by atoms with van der Waals surface area (Å²) in [5, 5.41) is 6.61. The highest BCUT2D eigenvalue weighted by Gasteiger charge is 2.02. The Morgan fingerprint density at radius 3 is 2.24 bits per heavy atom. The molecule has 0 aliphatic rings. The number of nitrogens with one attached hydrogen (secondary N) is 2. The highest BCUT2D eigenvalue weighted by Crippen LogP contribution is 2.20. The van der Waals surface area contributed by atoms with Gasteiger partial charge in [0.25, 0.3) is 0 Å². The molecule has 0 spiro atoms. The summed E-state index contributed by atoms with van der Waals surface area (Å²) in [7, 11) is 0. The van der Waals surface area contributed by atoms with Crippen LogP contribution in [0.5, 0.6) is 0 Å². The molecule has 0 aliphatic carbocycles. The second-order valence-corrected chi connectivity index (χ2v) is 5.96. The van der Waals surface area contributed by atoms with Crippen LogP contribution in [0, 0.1) is 5.92 Å². The smallest absolute Gasteiger partial charge is 0.135 e. The lowest BCUT2D eigenvalue weighted by molar-refractivity contribution is 0.687. The number of nitrogens with zero attached hydrogens (tertiary/aromatic N) is 2. The average molecular weight is 284 g/mol. The van der Waals surface area contributed by atoms with Crippen LogP contribution in [0.15, 0.2) is 36.7 Å². The van der Waals surface area contributed by atoms with Crippen molar-refractivity contribution in [1.82, 2.24) is 9.97 Å². The van der Waals surface area contributed by atoms with E-state index in [0.29, 0.717) is 11.8 Å². The fourth-order valence-corrected chi connectivity index (χ4v) is 1.93. The standard InChI is InChI=1S/C17H24N4/c1-12(2)10-18-16-9-17(20-11-19-16)21-15-7-5-14(6-8-15)13(3)4/h5-9,11-13H,10H2,1-4H3,(H2,18,19,20,21). The van der Waals surface area contributed by atoms with Crippen molar-refractivity contribution in [2.45, 2.75) is 33.6 Å². The normalized spacial score (nSPS) is 11.0.